The molecule has 0 unspecified atom stereocenters. The SMILES string of the molecule is CN(CC1CCCC1)C(=O)c1ncccc1/C=C/C(=O)O. The Balaban J connectivity index is 2.12. The number of nitrogens with zero attached hydrogens (tertiary/aromatic N) is 2. The van der Waals surface area contributed by atoms with Crippen molar-refractivity contribution >= 4 is 18.0 Å². The molecule has 0 aromatic carbocycles. The van der Waals surface area contributed by atoms with E-state index in [0.29, 0.717) is 17.2 Å². The minimum atomic E-state index is -1.04. The number of rotatable bonds is 5. The number of aromatic nitrogens is 1. The Morgan fingerprint density at radius 1 is 1.43 bits per heavy atom. The smallest absolute Gasteiger partial charge is 0.328 e. The highest BCUT2D eigenvalue weighted by molar-refractivity contribution is 5.97. The van der Waals surface area contributed by atoms with Gasteiger partial charge in [-0.15, -0.1) is 0 Å². The summed E-state index contributed by atoms with van der Waals surface area (Å²) in [7, 11) is 1.78. The molecule has 0 saturated heterocycles. The average Bonchev–Trinajstić information content (AvgIpc) is 2.97. The average molecular weight is 288 g/mol. The number of hydrogen-bond acceptors (Lipinski definition) is 3. The molecule has 2 rings (SSSR count). The third-order valence-electron chi connectivity index (χ3n) is 3.80. The van der Waals surface area contributed by atoms with Crippen molar-refractivity contribution in [3.05, 3.63) is 35.7 Å². The van der Waals surface area contributed by atoms with Gasteiger partial charge in [-0.2, -0.15) is 0 Å². The van der Waals surface area contributed by atoms with Gasteiger partial charge in [0.05, 0.1) is 0 Å². The highest BCUT2D eigenvalue weighted by atomic mass is 16.4. The minimum absolute atomic E-state index is 0.160. The van der Waals surface area contributed by atoms with E-state index >= 15 is 0 Å². The van der Waals surface area contributed by atoms with Gasteiger partial charge in [-0.1, -0.05) is 18.9 Å². The van der Waals surface area contributed by atoms with Crippen molar-refractivity contribution in [2.45, 2.75) is 25.7 Å². The van der Waals surface area contributed by atoms with E-state index in [0.717, 1.165) is 12.6 Å². The standard InChI is InChI=1S/C16H20N2O3/c1-18(11-12-5-2-3-6-12)16(21)15-13(7-4-10-17-15)8-9-14(19)20/h4,7-10,12H,2-3,5-6,11H2,1H3,(H,19,20)/b9-8+. The quantitative estimate of drug-likeness (QED) is 0.845. The van der Waals surface area contributed by atoms with Crippen LogP contribution in [0, 0.1) is 5.92 Å². The molecule has 1 saturated carbocycles. The molecular formula is C16H20N2O3. The Kier molecular flexibility index (Phi) is 5.09. The highest BCUT2D eigenvalue weighted by Gasteiger charge is 2.22. The van der Waals surface area contributed by atoms with Gasteiger partial charge in [0.2, 0.25) is 0 Å². The topological polar surface area (TPSA) is 70.5 Å². The van der Waals surface area contributed by atoms with Crippen LogP contribution >= 0.6 is 0 Å². The number of carbonyl (C=O) groups excluding carboxylic acids is 1. The predicted octanol–water partition coefficient (Wildman–Crippen LogP) is 2.44. The maximum Gasteiger partial charge on any atom is 0.328 e. The zero-order valence-corrected chi connectivity index (χ0v) is 12.2. The summed E-state index contributed by atoms with van der Waals surface area (Å²) in [6, 6.07) is 3.39. The van der Waals surface area contributed by atoms with Crippen LogP contribution < -0.4 is 0 Å². The Morgan fingerprint density at radius 2 is 2.14 bits per heavy atom. The van der Waals surface area contributed by atoms with Crippen LogP contribution in [0.1, 0.15) is 41.7 Å². The Bertz CT molecular complexity index is 548. The van der Waals surface area contributed by atoms with Gasteiger partial charge in [-0.25, -0.2) is 4.79 Å². The van der Waals surface area contributed by atoms with E-state index in [-0.39, 0.29) is 5.91 Å². The highest BCUT2D eigenvalue weighted by Crippen LogP contribution is 2.25. The zero-order valence-electron chi connectivity index (χ0n) is 12.2. The van der Waals surface area contributed by atoms with Gasteiger partial charge < -0.3 is 10.0 Å². The molecule has 1 amide bonds. The lowest BCUT2D eigenvalue weighted by Crippen LogP contribution is -2.32. The van der Waals surface area contributed by atoms with E-state index in [4.69, 9.17) is 5.11 Å². The summed E-state index contributed by atoms with van der Waals surface area (Å²) in [4.78, 5) is 28.9. The second-order valence-corrected chi connectivity index (χ2v) is 5.45. The molecule has 5 heteroatoms. The summed E-state index contributed by atoms with van der Waals surface area (Å²) in [5, 5.41) is 8.70. The van der Waals surface area contributed by atoms with Crippen LogP contribution in [0.15, 0.2) is 24.4 Å². The molecule has 0 spiro atoms. The number of aliphatic carboxylic acids is 1. The number of hydrogen-bond donors (Lipinski definition) is 1. The van der Waals surface area contributed by atoms with E-state index in [9.17, 15) is 9.59 Å². The molecule has 5 nitrogen and oxygen atoms in total. The van der Waals surface area contributed by atoms with Gasteiger partial charge in [0.15, 0.2) is 0 Å². The molecule has 0 bridgehead atoms. The van der Waals surface area contributed by atoms with Gasteiger partial charge in [-0.3, -0.25) is 9.78 Å². The van der Waals surface area contributed by atoms with Crippen LogP contribution in [0.2, 0.25) is 0 Å². The monoisotopic (exact) mass is 288 g/mol. The molecule has 1 aliphatic rings. The molecule has 1 N–H and O–H groups in total. The molecule has 1 heterocycles. The largest absolute Gasteiger partial charge is 0.478 e. The first-order valence-corrected chi connectivity index (χ1v) is 7.19. The van der Waals surface area contributed by atoms with Crippen LogP contribution in [-0.2, 0) is 4.79 Å². The van der Waals surface area contributed by atoms with Gasteiger partial charge in [0.25, 0.3) is 5.91 Å². The van der Waals surface area contributed by atoms with Crippen LogP contribution in [0.3, 0.4) is 0 Å². The fourth-order valence-electron chi connectivity index (χ4n) is 2.74. The molecule has 1 fully saturated rings. The van der Waals surface area contributed by atoms with Crippen molar-refractivity contribution < 1.29 is 14.7 Å². The Labute approximate surface area is 124 Å². The molecule has 0 radical (unpaired) electrons. The van der Waals surface area contributed by atoms with E-state index in [2.05, 4.69) is 4.98 Å². The van der Waals surface area contributed by atoms with Gasteiger partial charge in [-0.05, 0) is 30.9 Å². The van der Waals surface area contributed by atoms with Crippen molar-refractivity contribution in [2.75, 3.05) is 13.6 Å². The predicted molar refractivity (Wildman–Crippen MR) is 79.8 cm³/mol. The van der Waals surface area contributed by atoms with Crippen molar-refractivity contribution in [3.8, 4) is 0 Å². The van der Waals surface area contributed by atoms with Crippen LogP contribution in [-0.4, -0.2) is 40.5 Å². The van der Waals surface area contributed by atoms with Crippen molar-refractivity contribution in [2.24, 2.45) is 5.92 Å². The van der Waals surface area contributed by atoms with Gasteiger partial charge >= 0.3 is 5.97 Å². The lowest BCUT2D eigenvalue weighted by Gasteiger charge is -2.21. The number of carbonyl (C=O) groups is 2. The van der Waals surface area contributed by atoms with Crippen molar-refractivity contribution in [1.82, 2.24) is 9.88 Å². The van der Waals surface area contributed by atoms with Crippen LogP contribution in [0.25, 0.3) is 6.08 Å². The van der Waals surface area contributed by atoms with Crippen molar-refractivity contribution in [1.29, 1.82) is 0 Å². The van der Waals surface area contributed by atoms with Gasteiger partial charge in [0.1, 0.15) is 5.69 Å². The molecule has 1 aromatic heterocycles. The lowest BCUT2D eigenvalue weighted by molar-refractivity contribution is -0.131. The van der Waals surface area contributed by atoms with Crippen LogP contribution in [0.5, 0.6) is 0 Å². The molecule has 0 atom stereocenters. The molecular weight excluding hydrogens is 268 g/mol. The van der Waals surface area contributed by atoms with E-state index in [1.807, 2.05) is 0 Å². The number of carboxylic acid groups (broad SMARTS) is 1. The zero-order chi connectivity index (χ0) is 15.2. The summed E-state index contributed by atoms with van der Waals surface area (Å²) in [5.41, 5.74) is 0.832. The molecule has 1 aliphatic carbocycles. The summed E-state index contributed by atoms with van der Waals surface area (Å²) >= 11 is 0. The van der Waals surface area contributed by atoms with E-state index in [1.165, 1.54) is 31.8 Å². The Morgan fingerprint density at radius 3 is 2.81 bits per heavy atom. The fourth-order valence-corrected chi connectivity index (χ4v) is 2.74. The molecule has 0 aliphatic heterocycles. The number of pyridine rings is 1. The van der Waals surface area contributed by atoms with Gasteiger partial charge in [0, 0.05) is 31.4 Å². The van der Waals surface area contributed by atoms with E-state index < -0.39 is 5.97 Å². The molecule has 112 valence electrons. The summed E-state index contributed by atoms with van der Waals surface area (Å²) < 4.78 is 0. The van der Waals surface area contributed by atoms with Crippen molar-refractivity contribution in [3.63, 3.8) is 0 Å². The second kappa shape index (κ2) is 7.02. The summed E-state index contributed by atoms with van der Waals surface area (Å²) in [6.07, 6.45) is 8.80. The maximum absolute atomic E-state index is 12.5. The number of amides is 1. The maximum atomic E-state index is 12.5. The first-order valence-electron chi connectivity index (χ1n) is 7.19. The third kappa shape index (κ3) is 4.15. The fraction of sp³-hybridized carbons (Fsp3) is 0.438. The summed E-state index contributed by atoms with van der Waals surface area (Å²) in [6.45, 7) is 0.734. The molecule has 21 heavy (non-hydrogen) atoms. The first-order chi connectivity index (χ1) is 10.1. The Hall–Kier alpha value is -2.17. The normalized spacial score (nSPS) is 15.5. The lowest BCUT2D eigenvalue weighted by atomic mass is 10.1. The summed E-state index contributed by atoms with van der Waals surface area (Å²) in [5.74, 6) is -0.634. The number of carboxylic acids is 1. The third-order valence-corrected chi connectivity index (χ3v) is 3.80. The minimum Gasteiger partial charge on any atom is -0.478 e. The van der Waals surface area contributed by atoms with E-state index in [1.54, 1.807) is 30.3 Å². The second-order valence-electron chi connectivity index (χ2n) is 5.45. The van der Waals surface area contributed by atoms with Crippen LogP contribution in [0.4, 0.5) is 0 Å². The first kappa shape index (κ1) is 15.2. The molecule has 1 aromatic rings.